The van der Waals surface area contributed by atoms with Crippen molar-refractivity contribution in [1.82, 2.24) is 5.32 Å². The van der Waals surface area contributed by atoms with Gasteiger partial charge in [0.2, 0.25) is 0 Å². The van der Waals surface area contributed by atoms with Gasteiger partial charge >= 0.3 is 0 Å². The van der Waals surface area contributed by atoms with Crippen molar-refractivity contribution in [2.75, 3.05) is 0 Å². The maximum absolute atomic E-state index is 5.75. The van der Waals surface area contributed by atoms with Crippen molar-refractivity contribution in [3.8, 4) is 5.75 Å². The van der Waals surface area contributed by atoms with Crippen LogP contribution < -0.4 is 10.1 Å². The zero-order valence-corrected chi connectivity index (χ0v) is 13.4. The number of benzene rings is 1. The first-order valence-electron chi connectivity index (χ1n) is 8.09. The Balaban J connectivity index is 1.88. The van der Waals surface area contributed by atoms with Crippen molar-refractivity contribution in [1.29, 1.82) is 0 Å². The molecule has 0 bridgehead atoms. The molecule has 1 saturated carbocycles. The van der Waals surface area contributed by atoms with E-state index in [0.29, 0.717) is 6.04 Å². The summed E-state index contributed by atoms with van der Waals surface area (Å²) in [7, 11) is 0. The number of ether oxygens (including phenoxy) is 1. The molecule has 3 unspecified atom stereocenters. The maximum Gasteiger partial charge on any atom is 0.120 e. The average molecular weight is 275 g/mol. The van der Waals surface area contributed by atoms with Crippen LogP contribution in [-0.4, -0.2) is 12.1 Å². The molecule has 1 aromatic rings. The topological polar surface area (TPSA) is 21.3 Å². The molecule has 0 spiro atoms. The molecule has 0 aromatic heterocycles. The van der Waals surface area contributed by atoms with E-state index in [1.165, 1.54) is 24.8 Å². The normalized spacial score (nSPS) is 26.1. The molecule has 1 fully saturated rings. The van der Waals surface area contributed by atoms with Crippen LogP contribution in [0.1, 0.15) is 52.5 Å². The lowest BCUT2D eigenvalue weighted by Crippen LogP contribution is -2.32. The van der Waals surface area contributed by atoms with Crippen molar-refractivity contribution < 1.29 is 4.74 Å². The Hall–Kier alpha value is -1.02. The SMILES string of the molecule is CCC1CCC(NCc2cccc(OC(C)C)c2)C1C. The van der Waals surface area contributed by atoms with E-state index in [1.54, 1.807) is 0 Å². The van der Waals surface area contributed by atoms with Gasteiger partial charge in [0, 0.05) is 12.6 Å². The van der Waals surface area contributed by atoms with Crippen molar-refractivity contribution in [2.24, 2.45) is 11.8 Å². The third kappa shape index (κ3) is 3.99. The van der Waals surface area contributed by atoms with Crippen LogP contribution in [0.4, 0.5) is 0 Å². The van der Waals surface area contributed by atoms with Gasteiger partial charge in [0.1, 0.15) is 5.75 Å². The third-order valence-electron chi connectivity index (χ3n) is 4.59. The highest BCUT2D eigenvalue weighted by atomic mass is 16.5. The Labute approximate surface area is 123 Å². The molecule has 0 aliphatic heterocycles. The van der Waals surface area contributed by atoms with Crippen LogP contribution in [0, 0.1) is 11.8 Å². The fourth-order valence-corrected chi connectivity index (χ4v) is 3.36. The van der Waals surface area contributed by atoms with E-state index in [0.717, 1.165) is 24.1 Å². The number of hydrogen-bond acceptors (Lipinski definition) is 2. The van der Waals surface area contributed by atoms with E-state index in [9.17, 15) is 0 Å². The minimum Gasteiger partial charge on any atom is -0.491 e. The first-order chi connectivity index (χ1) is 9.60. The second-order valence-electron chi connectivity index (χ2n) is 6.41. The summed E-state index contributed by atoms with van der Waals surface area (Å²) in [6, 6.07) is 9.13. The van der Waals surface area contributed by atoms with Crippen LogP contribution in [0.25, 0.3) is 0 Å². The van der Waals surface area contributed by atoms with E-state index in [2.05, 4.69) is 51.2 Å². The molecule has 3 atom stereocenters. The molecule has 1 aromatic carbocycles. The predicted octanol–water partition coefficient (Wildman–Crippen LogP) is 4.39. The highest BCUT2D eigenvalue weighted by Gasteiger charge is 2.30. The number of rotatable bonds is 6. The number of nitrogens with one attached hydrogen (secondary N) is 1. The largest absolute Gasteiger partial charge is 0.491 e. The molecule has 0 heterocycles. The highest BCUT2D eigenvalue weighted by Crippen LogP contribution is 2.34. The predicted molar refractivity (Wildman–Crippen MR) is 85.0 cm³/mol. The van der Waals surface area contributed by atoms with Gasteiger partial charge in [-0.05, 0) is 56.2 Å². The summed E-state index contributed by atoms with van der Waals surface area (Å²) in [5, 5.41) is 3.74. The van der Waals surface area contributed by atoms with Gasteiger partial charge in [-0.1, -0.05) is 32.4 Å². The van der Waals surface area contributed by atoms with Crippen molar-refractivity contribution in [3.05, 3.63) is 29.8 Å². The Morgan fingerprint density at radius 1 is 1.30 bits per heavy atom. The average Bonchev–Trinajstić information content (AvgIpc) is 2.76. The zero-order valence-electron chi connectivity index (χ0n) is 13.4. The third-order valence-corrected chi connectivity index (χ3v) is 4.59. The molecule has 1 aliphatic carbocycles. The van der Waals surface area contributed by atoms with Crippen LogP contribution in [-0.2, 0) is 6.54 Å². The molecule has 0 radical (unpaired) electrons. The van der Waals surface area contributed by atoms with Crippen molar-refractivity contribution in [3.63, 3.8) is 0 Å². The lowest BCUT2D eigenvalue weighted by atomic mass is 9.93. The van der Waals surface area contributed by atoms with Gasteiger partial charge in [0.05, 0.1) is 6.10 Å². The Morgan fingerprint density at radius 3 is 2.75 bits per heavy atom. The van der Waals surface area contributed by atoms with Gasteiger partial charge in [-0.15, -0.1) is 0 Å². The summed E-state index contributed by atoms with van der Waals surface area (Å²) in [6.45, 7) is 9.79. The molecule has 0 saturated heterocycles. The molecule has 2 heteroatoms. The second kappa shape index (κ2) is 7.12. The Kier molecular flexibility index (Phi) is 5.47. The molecule has 2 rings (SSSR count). The molecular weight excluding hydrogens is 246 g/mol. The van der Waals surface area contributed by atoms with Crippen molar-refractivity contribution >= 4 is 0 Å². The minimum atomic E-state index is 0.235. The van der Waals surface area contributed by atoms with Gasteiger partial charge in [0.15, 0.2) is 0 Å². The minimum absolute atomic E-state index is 0.235. The molecule has 20 heavy (non-hydrogen) atoms. The van der Waals surface area contributed by atoms with E-state index in [4.69, 9.17) is 4.74 Å². The van der Waals surface area contributed by atoms with Crippen LogP contribution in [0.5, 0.6) is 5.75 Å². The van der Waals surface area contributed by atoms with E-state index >= 15 is 0 Å². The highest BCUT2D eigenvalue weighted by molar-refractivity contribution is 5.28. The molecular formula is C18H29NO. The zero-order chi connectivity index (χ0) is 14.5. The quantitative estimate of drug-likeness (QED) is 0.831. The summed E-state index contributed by atoms with van der Waals surface area (Å²) in [4.78, 5) is 0. The lowest BCUT2D eigenvalue weighted by Gasteiger charge is -2.21. The molecule has 1 aliphatic rings. The van der Waals surface area contributed by atoms with E-state index < -0.39 is 0 Å². The van der Waals surface area contributed by atoms with Gasteiger partial charge in [-0.25, -0.2) is 0 Å². The number of hydrogen-bond donors (Lipinski definition) is 1. The lowest BCUT2D eigenvalue weighted by molar-refractivity contribution is 0.242. The van der Waals surface area contributed by atoms with E-state index in [-0.39, 0.29) is 6.10 Å². The fourth-order valence-electron chi connectivity index (χ4n) is 3.36. The summed E-state index contributed by atoms with van der Waals surface area (Å²) in [5.74, 6) is 2.68. The first-order valence-corrected chi connectivity index (χ1v) is 8.09. The summed E-state index contributed by atoms with van der Waals surface area (Å²) >= 11 is 0. The summed E-state index contributed by atoms with van der Waals surface area (Å²) in [5.41, 5.74) is 1.32. The second-order valence-corrected chi connectivity index (χ2v) is 6.41. The van der Waals surface area contributed by atoms with Crippen molar-refractivity contribution in [2.45, 2.75) is 65.6 Å². The van der Waals surface area contributed by atoms with Crippen LogP contribution >= 0.6 is 0 Å². The maximum atomic E-state index is 5.75. The summed E-state index contributed by atoms with van der Waals surface area (Å²) in [6.07, 6.45) is 4.25. The monoisotopic (exact) mass is 275 g/mol. The van der Waals surface area contributed by atoms with E-state index in [1.807, 2.05) is 6.07 Å². The van der Waals surface area contributed by atoms with Crippen LogP contribution in [0.2, 0.25) is 0 Å². The Morgan fingerprint density at radius 2 is 2.10 bits per heavy atom. The van der Waals surface area contributed by atoms with Gasteiger partial charge in [-0.3, -0.25) is 0 Å². The van der Waals surface area contributed by atoms with Crippen LogP contribution in [0.3, 0.4) is 0 Å². The summed E-state index contributed by atoms with van der Waals surface area (Å²) < 4.78 is 5.75. The fraction of sp³-hybridized carbons (Fsp3) is 0.667. The molecule has 0 amide bonds. The molecule has 1 N–H and O–H groups in total. The van der Waals surface area contributed by atoms with Gasteiger partial charge in [0.25, 0.3) is 0 Å². The van der Waals surface area contributed by atoms with Gasteiger partial charge in [-0.2, -0.15) is 0 Å². The van der Waals surface area contributed by atoms with Gasteiger partial charge < -0.3 is 10.1 Å². The standard InChI is InChI=1S/C18H29NO/c1-5-16-9-10-18(14(16)4)19-12-15-7-6-8-17(11-15)20-13(2)3/h6-8,11,13-14,16,18-19H,5,9-10,12H2,1-4H3. The molecule has 2 nitrogen and oxygen atoms in total. The Bertz CT molecular complexity index is 416. The molecule has 112 valence electrons. The van der Waals surface area contributed by atoms with Crippen LogP contribution in [0.15, 0.2) is 24.3 Å². The smallest absolute Gasteiger partial charge is 0.120 e. The first kappa shape index (κ1) is 15.4.